The zero-order chi connectivity index (χ0) is 15.6. The summed E-state index contributed by atoms with van der Waals surface area (Å²) >= 11 is 0. The van der Waals surface area contributed by atoms with Gasteiger partial charge in [-0.15, -0.1) is 0 Å². The summed E-state index contributed by atoms with van der Waals surface area (Å²) in [6, 6.07) is 4.61. The van der Waals surface area contributed by atoms with Crippen LogP contribution in [0.1, 0.15) is 43.5 Å². The highest BCUT2D eigenvalue weighted by Gasteiger charge is 2.35. The molecule has 1 fully saturated rings. The molecule has 1 aliphatic carbocycles. The molecule has 1 aromatic carbocycles. The van der Waals surface area contributed by atoms with Crippen molar-refractivity contribution in [3.8, 4) is 0 Å². The lowest BCUT2D eigenvalue weighted by Gasteiger charge is -2.27. The number of hydrogen-bond acceptors (Lipinski definition) is 4. The molecule has 0 aliphatic heterocycles. The molecule has 21 heavy (non-hydrogen) atoms. The average molecular weight is 291 g/mol. The largest absolute Gasteiger partial charge is 0.383 e. The summed E-state index contributed by atoms with van der Waals surface area (Å²) in [6.07, 6.45) is 3.13. The van der Waals surface area contributed by atoms with Crippen molar-refractivity contribution in [2.75, 3.05) is 12.4 Å². The average Bonchev–Trinajstić information content (AvgIpc) is 2.77. The van der Waals surface area contributed by atoms with Gasteiger partial charge >= 0.3 is 0 Å². The molecule has 1 unspecified atom stereocenters. The van der Waals surface area contributed by atoms with Gasteiger partial charge in [0.2, 0.25) is 0 Å². The van der Waals surface area contributed by atoms with Crippen LogP contribution in [0.3, 0.4) is 0 Å². The number of nitro benzene ring substituents is 1. The highest BCUT2D eigenvalue weighted by Crippen LogP contribution is 2.37. The van der Waals surface area contributed by atoms with Gasteiger partial charge in [0.1, 0.15) is 5.69 Å². The number of hydrogen-bond donors (Lipinski definition) is 2. The number of anilines is 1. The van der Waals surface area contributed by atoms with Crippen LogP contribution >= 0.6 is 0 Å². The van der Waals surface area contributed by atoms with Crippen LogP contribution in [0.15, 0.2) is 18.2 Å². The van der Waals surface area contributed by atoms with Crippen LogP contribution in [-0.2, 0) is 0 Å². The minimum atomic E-state index is -0.484. The van der Waals surface area contributed by atoms with Gasteiger partial charge in [0.05, 0.1) is 4.92 Å². The fourth-order valence-corrected chi connectivity index (χ4v) is 2.87. The molecule has 0 bridgehead atoms. The predicted octanol–water partition coefficient (Wildman–Crippen LogP) is 2.95. The standard InChI is InChI=1S/C15H21N3O3/c1-15(2)8-4-5-13(15)17-14(19)10-6-7-11(16-3)12(9-10)18(20)21/h6-7,9,13,16H,4-5,8H2,1-3H3,(H,17,19). The molecule has 6 heteroatoms. The van der Waals surface area contributed by atoms with Crippen LogP contribution in [0.4, 0.5) is 11.4 Å². The number of benzene rings is 1. The second kappa shape index (κ2) is 5.71. The van der Waals surface area contributed by atoms with E-state index in [1.807, 2.05) is 0 Å². The molecular weight excluding hydrogens is 270 g/mol. The maximum absolute atomic E-state index is 12.3. The maximum atomic E-state index is 12.3. The molecule has 6 nitrogen and oxygen atoms in total. The Morgan fingerprint density at radius 1 is 1.43 bits per heavy atom. The first-order valence-electron chi connectivity index (χ1n) is 7.12. The molecular formula is C15H21N3O3. The van der Waals surface area contributed by atoms with Crippen molar-refractivity contribution in [2.45, 2.75) is 39.2 Å². The Morgan fingerprint density at radius 2 is 2.14 bits per heavy atom. The molecule has 114 valence electrons. The van der Waals surface area contributed by atoms with Crippen LogP contribution in [0.25, 0.3) is 0 Å². The molecule has 2 rings (SSSR count). The summed E-state index contributed by atoms with van der Waals surface area (Å²) in [5.41, 5.74) is 0.712. The fraction of sp³-hybridized carbons (Fsp3) is 0.533. The zero-order valence-corrected chi connectivity index (χ0v) is 12.6. The van der Waals surface area contributed by atoms with Crippen molar-refractivity contribution >= 4 is 17.3 Å². The number of nitrogens with one attached hydrogen (secondary N) is 2. The van der Waals surface area contributed by atoms with Crippen LogP contribution in [-0.4, -0.2) is 23.9 Å². The zero-order valence-electron chi connectivity index (χ0n) is 12.6. The van der Waals surface area contributed by atoms with Crippen LogP contribution in [0.5, 0.6) is 0 Å². The van der Waals surface area contributed by atoms with Gasteiger partial charge in [-0.05, 0) is 30.4 Å². The van der Waals surface area contributed by atoms with E-state index in [-0.39, 0.29) is 23.1 Å². The number of amides is 1. The molecule has 0 spiro atoms. The number of carbonyl (C=O) groups excluding carboxylic acids is 1. The highest BCUT2D eigenvalue weighted by molar-refractivity contribution is 5.96. The molecule has 1 aromatic rings. The maximum Gasteiger partial charge on any atom is 0.293 e. The third-order valence-electron chi connectivity index (χ3n) is 4.29. The first-order chi connectivity index (χ1) is 9.85. The summed E-state index contributed by atoms with van der Waals surface area (Å²) < 4.78 is 0. The smallest absolute Gasteiger partial charge is 0.293 e. The monoisotopic (exact) mass is 291 g/mol. The van der Waals surface area contributed by atoms with Crippen molar-refractivity contribution in [3.05, 3.63) is 33.9 Å². The van der Waals surface area contributed by atoms with E-state index in [1.54, 1.807) is 19.2 Å². The van der Waals surface area contributed by atoms with Gasteiger partial charge in [-0.2, -0.15) is 0 Å². The van der Waals surface area contributed by atoms with E-state index in [2.05, 4.69) is 24.5 Å². The number of carbonyl (C=O) groups is 1. The Balaban J connectivity index is 2.20. The van der Waals surface area contributed by atoms with Crippen LogP contribution in [0.2, 0.25) is 0 Å². The summed E-state index contributed by atoms with van der Waals surface area (Å²) in [7, 11) is 1.61. The first kappa shape index (κ1) is 15.3. The number of nitrogens with zero attached hydrogens (tertiary/aromatic N) is 1. The Kier molecular flexibility index (Phi) is 4.16. The van der Waals surface area contributed by atoms with Gasteiger partial charge < -0.3 is 10.6 Å². The summed E-state index contributed by atoms with van der Waals surface area (Å²) in [6.45, 7) is 4.27. The minimum Gasteiger partial charge on any atom is -0.383 e. The molecule has 1 amide bonds. The Morgan fingerprint density at radius 3 is 2.67 bits per heavy atom. The summed E-state index contributed by atoms with van der Waals surface area (Å²) in [4.78, 5) is 22.9. The van der Waals surface area contributed by atoms with E-state index in [0.717, 1.165) is 19.3 Å². The van der Waals surface area contributed by atoms with E-state index in [0.29, 0.717) is 11.3 Å². The first-order valence-corrected chi connectivity index (χ1v) is 7.12. The number of rotatable bonds is 4. The van der Waals surface area contributed by atoms with E-state index >= 15 is 0 Å². The Hall–Kier alpha value is -2.11. The second-order valence-corrected chi connectivity index (χ2v) is 6.15. The Labute approximate surface area is 124 Å². The lowest BCUT2D eigenvalue weighted by atomic mass is 9.87. The van der Waals surface area contributed by atoms with Gasteiger partial charge in [0, 0.05) is 24.7 Å². The molecule has 1 saturated carbocycles. The second-order valence-electron chi connectivity index (χ2n) is 6.15. The third-order valence-corrected chi connectivity index (χ3v) is 4.29. The van der Waals surface area contributed by atoms with E-state index in [1.165, 1.54) is 6.07 Å². The third kappa shape index (κ3) is 3.15. The molecule has 1 aliphatic rings. The quantitative estimate of drug-likeness (QED) is 0.660. The van der Waals surface area contributed by atoms with Crippen molar-refractivity contribution < 1.29 is 9.72 Å². The van der Waals surface area contributed by atoms with Gasteiger partial charge in [-0.1, -0.05) is 20.3 Å². The van der Waals surface area contributed by atoms with Crippen molar-refractivity contribution in [1.29, 1.82) is 0 Å². The highest BCUT2D eigenvalue weighted by atomic mass is 16.6. The van der Waals surface area contributed by atoms with Crippen LogP contribution in [0, 0.1) is 15.5 Å². The van der Waals surface area contributed by atoms with Crippen LogP contribution < -0.4 is 10.6 Å². The molecule has 2 N–H and O–H groups in total. The summed E-state index contributed by atoms with van der Waals surface area (Å²) in [5.74, 6) is -0.249. The van der Waals surface area contributed by atoms with Gasteiger partial charge in [0.15, 0.2) is 0 Å². The topological polar surface area (TPSA) is 84.3 Å². The lowest BCUT2D eigenvalue weighted by Crippen LogP contribution is -2.41. The van der Waals surface area contributed by atoms with E-state index in [9.17, 15) is 14.9 Å². The number of nitro groups is 1. The summed E-state index contributed by atoms with van der Waals surface area (Å²) in [5, 5.41) is 16.8. The van der Waals surface area contributed by atoms with E-state index in [4.69, 9.17) is 0 Å². The molecule has 1 atom stereocenters. The molecule has 0 aromatic heterocycles. The molecule has 0 heterocycles. The van der Waals surface area contributed by atoms with Gasteiger partial charge in [0.25, 0.3) is 11.6 Å². The minimum absolute atomic E-state index is 0.0759. The van der Waals surface area contributed by atoms with E-state index < -0.39 is 4.92 Å². The lowest BCUT2D eigenvalue weighted by molar-refractivity contribution is -0.384. The Bertz CT molecular complexity index is 569. The SMILES string of the molecule is CNc1ccc(C(=O)NC2CCCC2(C)C)cc1[N+](=O)[O-]. The predicted molar refractivity (Wildman–Crippen MR) is 81.5 cm³/mol. The van der Waals surface area contributed by atoms with Crippen molar-refractivity contribution in [1.82, 2.24) is 5.32 Å². The van der Waals surface area contributed by atoms with Crippen molar-refractivity contribution in [2.24, 2.45) is 5.41 Å². The normalized spacial score (nSPS) is 20.0. The van der Waals surface area contributed by atoms with Crippen molar-refractivity contribution in [3.63, 3.8) is 0 Å². The van der Waals surface area contributed by atoms with Gasteiger partial charge in [-0.25, -0.2) is 0 Å². The fourth-order valence-electron chi connectivity index (χ4n) is 2.87. The molecule has 0 saturated heterocycles. The molecule has 0 radical (unpaired) electrons. The van der Waals surface area contributed by atoms with Gasteiger partial charge in [-0.3, -0.25) is 14.9 Å².